The van der Waals surface area contributed by atoms with Crippen molar-refractivity contribution in [2.75, 3.05) is 0 Å². The van der Waals surface area contributed by atoms with Crippen molar-refractivity contribution < 1.29 is 9.90 Å². The number of aliphatic hydroxyl groups excluding tert-OH is 1. The first-order valence-electron chi connectivity index (χ1n) is 4.44. The third-order valence-electron chi connectivity index (χ3n) is 1.68. The first-order valence-corrected chi connectivity index (χ1v) is 4.44. The van der Waals surface area contributed by atoms with Gasteiger partial charge in [-0.05, 0) is 19.1 Å². The molecule has 0 saturated carbocycles. The zero-order valence-corrected chi connectivity index (χ0v) is 8.03. The molecule has 0 spiro atoms. The van der Waals surface area contributed by atoms with E-state index in [4.69, 9.17) is 5.11 Å². The average molecular weight is 188 g/mol. The van der Waals surface area contributed by atoms with Crippen LogP contribution in [0, 0.1) is 11.8 Å². The predicted octanol–water partition coefficient (Wildman–Crippen LogP) is 1.62. The number of carbonyl (C=O) groups is 1. The fourth-order valence-corrected chi connectivity index (χ4v) is 0.946. The minimum Gasteiger partial charge on any atom is -0.392 e. The van der Waals surface area contributed by atoms with Crippen LogP contribution in [0.3, 0.4) is 0 Å². The van der Waals surface area contributed by atoms with Crippen LogP contribution in [0.1, 0.15) is 29.3 Å². The highest BCUT2D eigenvalue weighted by atomic mass is 16.3. The van der Waals surface area contributed by atoms with Crippen molar-refractivity contribution >= 4 is 6.29 Å². The first kappa shape index (κ1) is 10.5. The molecule has 0 amide bonds. The highest BCUT2D eigenvalue weighted by Crippen LogP contribution is 2.00. The number of rotatable bonds is 2. The summed E-state index contributed by atoms with van der Waals surface area (Å²) < 4.78 is 0. The molecule has 0 aliphatic heterocycles. The topological polar surface area (TPSA) is 37.3 Å². The van der Waals surface area contributed by atoms with Gasteiger partial charge in [0.25, 0.3) is 0 Å². The Morgan fingerprint density at radius 1 is 1.43 bits per heavy atom. The largest absolute Gasteiger partial charge is 0.392 e. The van der Waals surface area contributed by atoms with E-state index in [-0.39, 0.29) is 0 Å². The van der Waals surface area contributed by atoms with Gasteiger partial charge in [0.15, 0.2) is 0 Å². The lowest BCUT2D eigenvalue weighted by Crippen LogP contribution is -1.95. The Morgan fingerprint density at radius 3 is 2.57 bits per heavy atom. The van der Waals surface area contributed by atoms with Gasteiger partial charge in [-0.25, -0.2) is 0 Å². The number of aldehydes is 1. The number of carbonyl (C=O) groups excluding carboxylic acids is 1. The Morgan fingerprint density at radius 2 is 2.07 bits per heavy atom. The fourth-order valence-electron chi connectivity index (χ4n) is 0.946. The van der Waals surface area contributed by atoms with Gasteiger partial charge < -0.3 is 5.11 Å². The molecule has 0 aliphatic rings. The van der Waals surface area contributed by atoms with Gasteiger partial charge in [0.05, 0.1) is 6.10 Å². The number of hydrogen-bond acceptors (Lipinski definition) is 2. The van der Waals surface area contributed by atoms with Crippen LogP contribution < -0.4 is 0 Å². The lowest BCUT2D eigenvalue weighted by atomic mass is 10.1. The molecule has 0 aromatic heterocycles. The second-order valence-corrected chi connectivity index (χ2v) is 3.09. The highest BCUT2D eigenvalue weighted by molar-refractivity contribution is 5.74. The van der Waals surface area contributed by atoms with Crippen molar-refractivity contribution in [3.05, 3.63) is 35.4 Å². The van der Waals surface area contributed by atoms with E-state index in [2.05, 4.69) is 11.8 Å². The summed E-state index contributed by atoms with van der Waals surface area (Å²) >= 11 is 0. The van der Waals surface area contributed by atoms with E-state index in [9.17, 15) is 4.79 Å². The van der Waals surface area contributed by atoms with Crippen molar-refractivity contribution in [3.8, 4) is 11.8 Å². The minimum atomic E-state index is -0.392. The van der Waals surface area contributed by atoms with Crippen LogP contribution in [0.5, 0.6) is 0 Å². The molecule has 0 saturated heterocycles. The van der Waals surface area contributed by atoms with Crippen LogP contribution in [-0.2, 0) is 0 Å². The van der Waals surface area contributed by atoms with Gasteiger partial charge in [0.1, 0.15) is 6.29 Å². The van der Waals surface area contributed by atoms with Gasteiger partial charge in [-0.2, -0.15) is 0 Å². The Bertz CT molecular complexity index is 352. The zero-order chi connectivity index (χ0) is 10.4. The zero-order valence-electron chi connectivity index (χ0n) is 8.03. The van der Waals surface area contributed by atoms with E-state index in [1.165, 1.54) is 0 Å². The van der Waals surface area contributed by atoms with Crippen LogP contribution in [0.25, 0.3) is 0 Å². The third kappa shape index (κ3) is 3.42. The third-order valence-corrected chi connectivity index (χ3v) is 1.68. The molecule has 0 fully saturated rings. The molecule has 1 atom stereocenters. The van der Waals surface area contributed by atoms with Crippen LogP contribution >= 0.6 is 0 Å². The second-order valence-electron chi connectivity index (χ2n) is 3.09. The Balaban J connectivity index is 2.66. The summed E-state index contributed by atoms with van der Waals surface area (Å²) in [5.74, 6) is 5.75. The molecule has 1 rings (SSSR count). The molecule has 72 valence electrons. The molecule has 0 radical (unpaired) electrons. The highest BCUT2D eigenvalue weighted by Gasteiger charge is 1.90. The van der Waals surface area contributed by atoms with Crippen LogP contribution in [0.15, 0.2) is 24.3 Å². The quantitative estimate of drug-likeness (QED) is 0.565. The summed E-state index contributed by atoms with van der Waals surface area (Å²) in [6, 6.07) is 7.02. The minimum absolute atomic E-state index is 0.392. The molecule has 14 heavy (non-hydrogen) atoms. The smallest absolute Gasteiger partial charge is 0.150 e. The number of benzene rings is 1. The van der Waals surface area contributed by atoms with Gasteiger partial charge in [0, 0.05) is 17.5 Å². The van der Waals surface area contributed by atoms with E-state index >= 15 is 0 Å². The van der Waals surface area contributed by atoms with Crippen molar-refractivity contribution in [2.24, 2.45) is 0 Å². The SMILES string of the molecule is CC(O)CC#Cc1ccc(C=O)cc1. The van der Waals surface area contributed by atoms with Gasteiger partial charge in [-0.3, -0.25) is 4.79 Å². The monoisotopic (exact) mass is 188 g/mol. The predicted molar refractivity (Wildman–Crippen MR) is 55.0 cm³/mol. The number of hydrogen-bond donors (Lipinski definition) is 1. The maximum atomic E-state index is 10.4. The second kappa shape index (κ2) is 5.21. The van der Waals surface area contributed by atoms with E-state index in [0.29, 0.717) is 12.0 Å². The van der Waals surface area contributed by atoms with Crippen molar-refractivity contribution in [1.29, 1.82) is 0 Å². The van der Waals surface area contributed by atoms with E-state index in [1.807, 2.05) is 0 Å². The maximum Gasteiger partial charge on any atom is 0.150 e. The molecule has 0 aliphatic carbocycles. The van der Waals surface area contributed by atoms with E-state index in [0.717, 1.165) is 11.8 Å². The van der Waals surface area contributed by atoms with Crippen LogP contribution in [-0.4, -0.2) is 17.5 Å². The summed E-state index contributed by atoms with van der Waals surface area (Å²) in [5.41, 5.74) is 1.50. The van der Waals surface area contributed by atoms with E-state index < -0.39 is 6.10 Å². The van der Waals surface area contributed by atoms with Gasteiger partial charge in [-0.15, -0.1) is 0 Å². The van der Waals surface area contributed by atoms with Crippen molar-refractivity contribution in [3.63, 3.8) is 0 Å². The molecule has 1 aromatic rings. The van der Waals surface area contributed by atoms with Crippen LogP contribution in [0.2, 0.25) is 0 Å². The van der Waals surface area contributed by atoms with Gasteiger partial charge in [-0.1, -0.05) is 24.0 Å². The van der Waals surface area contributed by atoms with E-state index in [1.54, 1.807) is 31.2 Å². The summed E-state index contributed by atoms with van der Waals surface area (Å²) in [7, 11) is 0. The number of aliphatic hydroxyl groups is 1. The summed E-state index contributed by atoms with van der Waals surface area (Å²) in [6.07, 6.45) is 0.874. The molecule has 1 unspecified atom stereocenters. The van der Waals surface area contributed by atoms with Gasteiger partial charge in [0.2, 0.25) is 0 Å². The summed E-state index contributed by atoms with van der Waals surface area (Å²) in [6.45, 7) is 1.70. The molecule has 2 nitrogen and oxygen atoms in total. The first-order chi connectivity index (χ1) is 6.72. The Hall–Kier alpha value is -1.59. The summed E-state index contributed by atoms with van der Waals surface area (Å²) in [5, 5.41) is 8.96. The van der Waals surface area contributed by atoms with Crippen molar-refractivity contribution in [1.82, 2.24) is 0 Å². The lowest BCUT2D eigenvalue weighted by molar-refractivity contribution is 0.112. The van der Waals surface area contributed by atoms with Crippen LogP contribution in [0.4, 0.5) is 0 Å². The lowest BCUT2D eigenvalue weighted by Gasteiger charge is -1.93. The summed E-state index contributed by atoms with van der Waals surface area (Å²) in [4.78, 5) is 10.4. The molecule has 0 bridgehead atoms. The normalized spacial score (nSPS) is 11.3. The molecule has 1 N–H and O–H groups in total. The average Bonchev–Trinajstić information content (AvgIpc) is 2.18. The Labute approximate surface area is 83.6 Å². The molecule has 0 heterocycles. The molecule has 1 aromatic carbocycles. The standard InChI is InChI=1S/C12H12O2/c1-10(14)3-2-4-11-5-7-12(9-13)8-6-11/h5-10,14H,3H2,1H3. The molecular formula is C12H12O2. The fraction of sp³-hybridized carbons (Fsp3) is 0.250. The molecular weight excluding hydrogens is 176 g/mol. The Kier molecular flexibility index (Phi) is 3.90. The molecule has 2 heteroatoms. The maximum absolute atomic E-state index is 10.4. The van der Waals surface area contributed by atoms with Gasteiger partial charge >= 0.3 is 0 Å². The van der Waals surface area contributed by atoms with Crippen molar-refractivity contribution in [2.45, 2.75) is 19.4 Å².